The van der Waals surface area contributed by atoms with E-state index >= 15 is 0 Å². The number of pyridine rings is 1. The Bertz CT molecular complexity index is 765. The van der Waals surface area contributed by atoms with Crippen LogP contribution in [0.4, 0.5) is 0 Å². The zero-order valence-electron chi connectivity index (χ0n) is 11.2. The Morgan fingerprint density at radius 2 is 1.38 bits per heavy atom. The molecule has 0 bridgehead atoms. The van der Waals surface area contributed by atoms with Crippen LogP contribution in [0, 0.1) is 0 Å². The molecule has 1 aromatic heterocycles. The number of nitrogens with zero attached hydrogens (tertiary/aromatic N) is 1. The van der Waals surface area contributed by atoms with Gasteiger partial charge < -0.3 is 5.11 Å². The van der Waals surface area contributed by atoms with Crippen molar-refractivity contribution in [2.45, 2.75) is 0 Å². The first kappa shape index (κ1) is 13.1. The van der Waals surface area contributed by atoms with E-state index in [4.69, 9.17) is 0 Å². The predicted molar refractivity (Wildman–Crippen MR) is 82.1 cm³/mol. The Morgan fingerprint density at radius 1 is 0.762 bits per heavy atom. The van der Waals surface area contributed by atoms with Crippen LogP contribution in [0.3, 0.4) is 0 Å². The summed E-state index contributed by atoms with van der Waals surface area (Å²) >= 11 is 0. The average molecular weight is 275 g/mol. The van der Waals surface area contributed by atoms with Crippen LogP contribution in [0.25, 0.3) is 22.3 Å². The molecule has 0 aliphatic rings. The summed E-state index contributed by atoms with van der Waals surface area (Å²) < 4.78 is 0. The van der Waals surface area contributed by atoms with Gasteiger partial charge >= 0.3 is 5.97 Å². The predicted octanol–water partition coefficient (Wildman–Crippen LogP) is 4.11. The zero-order valence-corrected chi connectivity index (χ0v) is 11.2. The molecule has 0 unspecified atom stereocenters. The number of carboxylic acids is 1. The van der Waals surface area contributed by atoms with Gasteiger partial charge in [-0.25, -0.2) is 9.78 Å². The minimum atomic E-state index is -1.02. The van der Waals surface area contributed by atoms with Gasteiger partial charge in [-0.15, -0.1) is 0 Å². The van der Waals surface area contributed by atoms with Gasteiger partial charge in [0.2, 0.25) is 0 Å². The summed E-state index contributed by atoms with van der Waals surface area (Å²) in [5.74, 6) is -1.02. The molecular weight excluding hydrogens is 262 g/mol. The van der Waals surface area contributed by atoms with Crippen molar-refractivity contribution in [3.05, 3.63) is 78.6 Å². The van der Waals surface area contributed by atoms with Gasteiger partial charge in [0.15, 0.2) is 5.69 Å². The fraction of sp³-hybridized carbons (Fsp3) is 0. The van der Waals surface area contributed by atoms with Crippen molar-refractivity contribution >= 4 is 5.97 Å². The number of carboxylic acid groups (broad SMARTS) is 1. The van der Waals surface area contributed by atoms with Crippen LogP contribution in [0.5, 0.6) is 0 Å². The average Bonchev–Trinajstić information content (AvgIpc) is 2.56. The van der Waals surface area contributed by atoms with E-state index in [-0.39, 0.29) is 5.69 Å². The van der Waals surface area contributed by atoms with Crippen LogP contribution in [-0.2, 0) is 0 Å². The van der Waals surface area contributed by atoms with Gasteiger partial charge in [-0.2, -0.15) is 0 Å². The Hall–Kier alpha value is -2.94. The van der Waals surface area contributed by atoms with Gasteiger partial charge in [0, 0.05) is 11.8 Å². The van der Waals surface area contributed by atoms with Crippen molar-refractivity contribution < 1.29 is 9.90 Å². The van der Waals surface area contributed by atoms with Crippen LogP contribution >= 0.6 is 0 Å². The topological polar surface area (TPSA) is 50.2 Å². The van der Waals surface area contributed by atoms with Gasteiger partial charge in [-0.3, -0.25) is 0 Å². The smallest absolute Gasteiger partial charge is 0.355 e. The second-order valence-corrected chi connectivity index (χ2v) is 4.65. The summed E-state index contributed by atoms with van der Waals surface area (Å²) in [5.41, 5.74) is 3.78. The number of rotatable bonds is 3. The lowest BCUT2D eigenvalue weighted by Crippen LogP contribution is -2.02. The fourth-order valence-electron chi connectivity index (χ4n) is 2.28. The molecule has 0 aliphatic heterocycles. The number of hydrogen-bond donors (Lipinski definition) is 1. The van der Waals surface area contributed by atoms with E-state index in [9.17, 15) is 9.90 Å². The first-order chi connectivity index (χ1) is 10.3. The van der Waals surface area contributed by atoms with Crippen LogP contribution in [-0.4, -0.2) is 16.1 Å². The van der Waals surface area contributed by atoms with Crippen molar-refractivity contribution in [3.63, 3.8) is 0 Å². The number of aromatic nitrogens is 1. The molecule has 0 radical (unpaired) electrons. The maximum atomic E-state index is 11.2. The Balaban J connectivity index is 2.01. The highest BCUT2D eigenvalue weighted by molar-refractivity contribution is 5.94. The summed E-state index contributed by atoms with van der Waals surface area (Å²) in [6.07, 6.45) is 1.49. The summed E-state index contributed by atoms with van der Waals surface area (Å²) in [4.78, 5) is 15.2. The quantitative estimate of drug-likeness (QED) is 0.782. The van der Waals surface area contributed by atoms with Gasteiger partial charge in [0.25, 0.3) is 0 Å². The molecule has 2 aromatic carbocycles. The molecule has 3 aromatic rings. The second-order valence-electron chi connectivity index (χ2n) is 4.65. The number of carbonyl (C=O) groups is 1. The molecule has 0 saturated carbocycles. The SMILES string of the molecule is O=C(O)c1ncccc1-c1ccc(-c2ccccc2)cc1. The minimum absolute atomic E-state index is 0.0740. The molecule has 0 amide bonds. The highest BCUT2D eigenvalue weighted by Crippen LogP contribution is 2.26. The van der Waals surface area contributed by atoms with E-state index in [1.165, 1.54) is 6.20 Å². The molecule has 3 heteroatoms. The standard InChI is InChI=1S/C18H13NO2/c20-18(21)17-16(7-4-12-19-17)15-10-8-14(9-11-15)13-5-2-1-3-6-13/h1-12H,(H,20,21). The summed E-state index contributed by atoms with van der Waals surface area (Å²) in [7, 11) is 0. The van der Waals surface area contributed by atoms with Crippen molar-refractivity contribution in [1.29, 1.82) is 0 Å². The van der Waals surface area contributed by atoms with Gasteiger partial charge in [-0.05, 0) is 22.8 Å². The van der Waals surface area contributed by atoms with E-state index in [0.717, 1.165) is 16.7 Å². The Morgan fingerprint density at radius 3 is 2.05 bits per heavy atom. The molecule has 102 valence electrons. The van der Waals surface area contributed by atoms with E-state index in [1.54, 1.807) is 12.1 Å². The highest BCUT2D eigenvalue weighted by atomic mass is 16.4. The molecule has 0 fully saturated rings. The van der Waals surface area contributed by atoms with Crippen molar-refractivity contribution in [3.8, 4) is 22.3 Å². The number of hydrogen-bond acceptors (Lipinski definition) is 2. The molecule has 0 aliphatic carbocycles. The van der Waals surface area contributed by atoms with E-state index in [2.05, 4.69) is 4.98 Å². The summed E-state index contributed by atoms with van der Waals surface area (Å²) in [6.45, 7) is 0. The second kappa shape index (κ2) is 5.59. The third-order valence-electron chi connectivity index (χ3n) is 3.31. The van der Waals surface area contributed by atoms with Gasteiger partial charge in [0.05, 0.1) is 0 Å². The molecule has 1 heterocycles. The van der Waals surface area contributed by atoms with E-state index < -0.39 is 5.97 Å². The number of benzene rings is 2. The van der Waals surface area contributed by atoms with Crippen LogP contribution in [0.1, 0.15) is 10.5 Å². The molecule has 3 nitrogen and oxygen atoms in total. The van der Waals surface area contributed by atoms with Crippen LogP contribution < -0.4 is 0 Å². The summed E-state index contributed by atoms with van der Waals surface area (Å²) in [6, 6.07) is 21.4. The van der Waals surface area contributed by atoms with Crippen LogP contribution in [0.15, 0.2) is 72.9 Å². The van der Waals surface area contributed by atoms with Crippen molar-refractivity contribution in [2.75, 3.05) is 0 Å². The van der Waals surface area contributed by atoms with Gasteiger partial charge in [-0.1, -0.05) is 60.7 Å². The minimum Gasteiger partial charge on any atom is -0.476 e. The van der Waals surface area contributed by atoms with Crippen molar-refractivity contribution in [2.24, 2.45) is 0 Å². The summed E-state index contributed by atoms with van der Waals surface area (Å²) in [5, 5.41) is 9.20. The lowest BCUT2D eigenvalue weighted by Gasteiger charge is -2.07. The maximum Gasteiger partial charge on any atom is 0.355 e. The molecular formula is C18H13NO2. The molecule has 21 heavy (non-hydrogen) atoms. The van der Waals surface area contributed by atoms with Gasteiger partial charge in [0.1, 0.15) is 0 Å². The molecule has 1 N–H and O–H groups in total. The van der Waals surface area contributed by atoms with E-state index in [0.29, 0.717) is 5.56 Å². The van der Waals surface area contributed by atoms with E-state index in [1.807, 2.05) is 54.6 Å². The Kier molecular flexibility index (Phi) is 3.48. The molecule has 0 spiro atoms. The molecule has 0 saturated heterocycles. The monoisotopic (exact) mass is 275 g/mol. The normalized spacial score (nSPS) is 10.3. The lowest BCUT2D eigenvalue weighted by molar-refractivity contribution is 0.0691. The largest absolute Gasteiger partial charge is 0.476 e. The number of aromatic carboxylic acids is 1. The Labute approximate surface area is 122 Å². The zero-order chi connectivity index (χ0) is 14.7. The van der Waals surface area contributed by atoms with Crippen LogP contribution in [0.2, 0.25) is 0 Å². The first-order valence-corrected chi connectivity index (χ1v) is 6.60. The first-order valence-electron chi connectivity index (χ1n) is 6.60. The third-order valence-corrected chi connectivity index (χ3v) is 3.31. The lowest BCUT2D eigenvalue weighted by atomic mass is 9.99. The fourth-order valence-corrected chi connectivity index (χ4v) is 2.28. The molecule has 3 rings (SSSR count). The maximum absolute atomic E-state index is 11.2. The highest BCUT2D eigenvalue weighted by Gasteiger charge is 2.12. The third kappa shape index (κ3) is 2.67. The van der Waals surface area contributed by atoms with Crippen molar-refractivity contribution in [1.82, 2.24) is 4.98 Å². The molecule has 0 atom stereocenters.